The van der Waals surface area contributed by atoms with Gasteiger partial charge in [0.25, 0.3) is 0 Å². The van der Waals surface area contributed by atoms with Gasteiger partial charge < -0.3 is 5.32 Å². The summed E-state index contributed by atoms with van der Waals surface area (Å²) in [7, 11) is 0. The number of aryl methyl sites for hydroxylation is 1. The van der Waals surface area contributed by atoms with Gasteiger partial charge in [-0.2, -0.15) is 0 Å². The lowest BCUT2D eigenvalue weighted by molar-refractivity contribution is -0.119. The van der Waals surface area contributed by atoms with E-state index in [-0.39, 0.29) is 11.9 Å². The van der Waals surface area contributed by atoms with Crippen LogP contribution in [0.15, 0.2) is 57.9 Å². The number of nitrogens with one attached hydrogen (secondary N) is 1. The molecule has 110 valence electrons. The van der Waals surface area contributed by atoms with Crippen LogP contribution >= 0.6 is 27.7 Å². The molecule has 0 aromatic heterocycles. The summed E-state index contributed by atoms with van der Waals surface area (Å²) in [5.74, 6) is 0.485. The van der Waals surface area contributed by atoms with Crippen LogP contribution in [0.5, 0.6) is 0 Å². The summed E-state index contributed by atoms with van der Waals surface area (Å²) in [5, 5.41) is 3.03. The summed E-state index contributed by atoms with van der Waals surface area (Å²) in [4.78, 5) is 13.2. The quantitative estimate of drug-likeness (QED) is 0.778. The van der Waals surface area contributed by atoms with Gasteiger partial charge in [-0.25, -0.2) is 0 Å². The van der Waals surface area contributed by atoms with E-state index in [1.807, 2.05) is 49.4 Å². The van der Waals surface area contributed by atoms with Crippen molar-refractivity contribution in [2.24, 2.45) is 0 Å². The van der Waals surface area contributed by atoms with E-state index in [1.54, 1.807) is 11.8 Å². The first kappa shape index (κ1) is 16.1. The lowest BCUT2D eigenvalue weighted by Crippen LogP contribution is -2.28. The molecule has 0 fully saturated rings. The van der Waals surface area contributed by atoms with Gasteiger partial charge in [-0.3, -0.25) is 4.79 Å². The van der Waals surface area contributed by atoms with Crippen molar-refractivity contribution < 1.29 is 4.79 Å². The molecule has 0 saturated heterocycles. The van der Waals surface area contributed by atoms with Crippen LogP contribution in [0.1, 0.15) is 24.1 Å². The fraction of sp³-hybridized carbons (Fsp3) is 0.235. The van der Waals surface area contributed by atoms with Gasteiger partial charge in [0, 0.05) is 9.37 Å². The Kier molecular flexibility index (Phi) is 5.88. The molecule has 1 N–H and O–H groups in total. The van der Waals surface area contributed by atoms with Gasteiger partial charge in [-0.15, -0.1) is 11.8 Å². The highest BCUT2D eigenvalue weighted by atomic mass is 79.9. The first-order valence-electron chi connectivity index (χ1n) is 6.79. The van der Waals surface area contributed by atoms with Crippen LogP contribution in [0.25, 0.3) is 0 Å². The Morgan fingerprint density at radius 1 is 1.24 bits per heavy atom. The van der Waals surface area contributed by atoms with Gasteiger partial charge in [0.05, 0.1) is 11.8 Å². The lowest BCUT2D eigenvalue weighted by Gasteiger charge is -2.14. The second kappa shape index (κ2) is 7.66. The SMILES string of the molecule is Cc1cc(Br)ccc1SCC(=O)N[C@@H](C)c1ccccc1. The highest BCUT2D eigenvalue weighted by molar-refractivity contribution is 9.10. The third-order valence-electron chi connectivity index (χ3n) is 3.17. The molecule has 0 aliphatic carbocycles. The standard InChI is InChI=1S/C17H18BrNOS/c1-12-10-15(18)8-9-16(12)21-11-17(20)19-13(2)14-6-4-3-5-7-14/h3-10,13H,11H2,1-2H3,(H,19,20)/t13-/m0/s1. The molecule has 0 spiro atoms. The van der Waals surface area contributed by atoms with Crippen LogP contribution in [-0.4, -0.2) is 11.7 Å². The van der Waals surface area contributed by atoms with E-state index in [9.17, 15) is 4.79 Å². The Balaban J connectivity index is 1.87. The molecule has 0 bridgehead atoms. The molecule has 0 radical (unpaired) electrons. The Morgan fingerprint density at radius 3 is 2.62 bits per heavy atom. The molecule has 2 aromatic carbocycles. The van der Waals surface area contributed by atoms with Crippen LogP contribution in [0.2, 0.25) is 0 Å². The lowest BCUT2D eigenvalue weighted by atomic mass is 10.1. The van der Waals surface area contributed by atoms with Gasteiger partial charge in [-0.1, -0.05) is 46.3 Å². The van der Waals surface area contributed by atoms with Gasteiger partial charge in [-0.05, 0) is 43.2 Å². The smallest absolute Gasteiger partial charge is 0.230 e. The van der Waals surface area contributed by atoms with E-state index >= 15 is 0 Å². The van der Waals surface area contributed by atoms with Crippen molar-refractivity contribution in [1.29, 1.82) is 0 Å². The van der Waals surface area contributed by atoms with E-state index in [1.165, 1.54) is 5.56 Å². The van der Waals surface area contributed by atoms with Crippen molar-refractivity contribution in [3.05, 3.63) is 64.1 Å². The first-order chi connectivity index (χ1) is 10.1. The highest BCUT2D eigenvalue weighted by Crippen LogP contribution is 2.25. The van der Waals surface area contributed by atoms with Gasteiger partial charge in [0.2, 0.25) is 5.91 Å². The number of thioether (sulfide) groups is 1. The van der Waals surface area contributed by atoms with Crippen molar-refractivity contribution in [2.75, 3.05) is 5.75 Å². The average Bonchev–Trinajstić information content (AvgIpc) is 2.47. The van der Waals surface area contributed by atoms with Crippen molar-refractivity contribution in [2.45, 2.75) is 24.8 Å². The van der Waals surface area contributed by atoms with Crippen LogP contribution in [-0.2, 0) is 4.79 Å². The minimum absolute atomic E-state index is 0.0327. The number of benzene rings is 2. The van der Waals surface area contributed by atoms with Crippen molar-refractivity contribution >= 4 is 33.6 Å². The number of hydrogen-bond donors (Lipinski definition) is 1. The van der Waals surface area contributed by atoms with Gasteiger partial charge in [0.1, 0.15) is 0 Å². The van der Waals surface area contributed by atoms with Crippen LogP contribution in [0.4, 0.5) is 0 Å². The zero-order chi connectivity index (χ0) is 15.2. The summed E-state index contributed by atoms with van der Waals surface area (Å²) >= 11 is 5.01. The summed E-state index contributed by atoms with van der Waals surface area (Å²) in [6.07, 6.45) is 0. The molecule has 0 aliphatic rings. The average molecular weight is 364 g/mol. The highest BCUT2D eigenvalue weighted by Gasteiger charge is 2.10. The molecule has 1 atom stereocenters. The number of halogens is 1. The second-order valence-electron chi connectivity index (χ2n) is 4.90. The van der Waals surface area contributed by atoms with Crippen LogP contribution in [0, 0.1) is 6.92 Å². The molecule has 2 nitrogen and oxygen atoms in total. The van der Waals surface area contributed by atoms with Crippen molar-refractivity contribution in [1.82, 2.24) is 5.32 Å². The molecule has 0 heterocycles. The van der Waals surface area contributed by atoms with E-state index in [0.29, 0.717) is 5.75 Å². The zero-order valence-electron chi connectivity index (χ0n) is 12.1. The third kappa shape index (κ3) is 4.90. The Labute approximate surface area is 138 Å². The molecule has 0 saturated carbocycles. The molecule has 0 aliphatic heterocycles. The van der Waals surface area contributed by atoms with Crippen LogP contribution in [0.3, 0.4) is 0 Å². The number of amides is 1. The number of carbonyl (C=O) groups is 1. The minimum Gasteiger partial charge on any atom is -0.349 e. The molecule has 4 heteroatoms. The Hall–Kier alpha value is -1.26. The maximum absolute atomic E-state index is 12.0. The summed E-state index contributed by atoms with van der Waals surface area (Å²) < 4.78 is 1.06. The maximum atomic E-state index is 12.0. The van der Waals surface area contributed by atoms with Crippen molar-refractivity contribution in [3.63, 3.8) is 0 Å². The predicted octanol–water partition coefficient (Wildman–Crippen LogP) is 4.73. The Bertz CT molecular complexity index is 615. The predicted molar refractivity (Wildman–Crippen MR) is 92.6 cm³/mol. The number of carbonyl (C=O) groups excluding carboxylic acids is 1. The van der Waals surface area contributed by atoms with E-state index < -0.39 is 0 Å². The van der Waals surface area contributed by atoms with Crippen molar-refractivity contribution in [3.8, 4) is 0 Å². The summed E-state index contributed by atoms with van der Waals surface area (Å²) in [6.45, 7) is 4.06. The van der Waals surface area contributed by atoms with Crippen LogP contribution < -0.4 is 5.32 Å². The van der Waals surface area contributed by atoms with E-state index in [4.69, 9.17) is 0 Å². The molecule has 1 amide bonds. The fourth-order valence-electron chi connectivity index (χ4n) is 2.03. The molecule has 0 unspecified atom stereocenters. The van der Waals surface area contributed by atoms with Gasteiger partial charge >= 0.3 is 0 Å². The number of hydrogen-bond acceptors (Lipinski definition) is 2. The Morgan fingerprint density at radius 2 is 1.95 bits per heavy atom. The number of rotatable bonds is 5. The molecular formula is C17H18BrNOS. The monoisotopic (exact) mass is 363 g/mol. The summed E-state index contributed by atoms with van der Waals surface area (Å²) in [5.41, 5.74) is 2.30. The van der Waals surface area contributed by atoms with E-state index in [0.717, 1.165) is 14.9 Å². The third-order valence-corrected chi connectivity index (χ3v) is 4.84. The maximum Gasteiger partial charge on any atom is 0.230 e. The largest absolute Gasteiger partial charge is 0.349 e. The minimum atomic E-state index is 0.0327. The normalized spacial score (nSPS) is 12.0. The topological polar surface area (TPSA) is 29.1 Å². The zero-order valence-corrected chi connectivity index (χ0v) is 14.5. The molecular weight excluding hydrogens is 346 g/mol. The van der Waals surface area contributed by atoms with Gasteiger partial charge in [0.15, 0.2) is 0 Å². The summed E-state index contributed by atoms with van der Waals surface area (Å²) in [6, 6.07) is 16.1. The molecule has 2 rings (SSSR count). The molecule has 2 aromatic rings. The second-order valence-corrected chi connectivity index (χ2v) is 6.83. The fourth-order valence-corrected chi connectivity index (χ4v) is 3.32. The van der Waals surface area contributed by atoms with E-state index in [2.05, 4.69) is 34.2 Å². The molecule has 21 heavy (non-hydrogen) atoms. The first-order valence-corrected chi connectivity index (χ1v) is 8.57.